The molecule has 1 atom stereocenters. The van der Waals surface area contributed by atoms with Gasteiger partial charge in [-0.25, -0.2) is 0 Å². The van der Waals surface area contributed by atoms with E-state index < -0.39 is 0 Å². The van der Waals surface area contributed by atoms with Crippen molar-refractivity contribution in [3.8, 4) is 11.5 Å². The number of hydrogen-bond donors (Lipinski definition) is 0. The Bertz CT molecular complexity index is 611. The van der Waals surface area contributed by atoms with Gasteiger partial charge < -0.3 is 14.4 Å². The first-order chi connectivity index (χ1) is 12.2. The lowest BCUT2D eigenvalue weighted by atomic mass is 10.0. The van der Waals surface area contributed by atoms with E-state index in [1.54, 1.807) is 25.3 Å². The summed E-state index contributed by atoms with van der Waals surface area (Å²) in [5.74, 6) is 1.29. The van der Waals surface area contributed by atoms with Gasteiger partial charge in [0, 0.05) is 25.2 Å². The molecule has 5 nitrogen and oxygen atoms in total. The fraction of sp³-hybridized carbons (Fsp3) is 0.550. The molecule has 1 amide bonds. The highest BCUT2D eigenvalue weighted by Gasteiger charge is 2.30. The van der Waals surface area contributed by atoms with Crippen molar-refractivity contribution < 1.29 is 14.3 Å². The Morgan fingerprint density at radius 1 is 1.28 bits per heavy atom. The molecule has 0 N–H and O–H groups in total. The van der Waals surface area contributed by atoms with Gasteiger partial charge in [0.15, 0.2) is 0 Å². The molecule has 0 spiro atoms. The van der Waals surface area contributed by atoms with E-state index in [4.69, 9.17) is 9.47 Å². The van der Waals surface area contributed by atoms with Crippen LogP contribution < -0.4 is 9.47 Å². The van der Waals surface area contributed by atoms with Crippen molar-refractivity contribution in [2.75, 3.05) is 39.9 Å². The number of ether oxygens (including phenoxy) is 2. The van der Waals surface area contributed by atoms with Crippen LogP contribution in [0.5, 0.6) is 11.5 Å². The number of benzene rings is 1. The number of amides is 1. The third-order valence-corrected chi connectivity index (χ3v) is 5.12. The molecule has 2 saturated heterocycles. The topological polar surface area (TPSA) is 42.0 Å². The summed E-state index contributed by atoms with van der Waals surface area (Å²) in [6.45, 7) is 8.01. The second-order valence-corrected chi connectivity index (χ2v) is 6.75. The Morgan fingerprint density at radius 2 is 2.08 bits per heavy atom. The molecular weight excluding hydrogens is 316 g/mol. The van der Waals surface area contributed by atoms with Gasteiger partial charge in [-0.3, -0.25) is 9.69 Å². The number of nitrogens with zero attached hydrogens (tertiary/aromatic N) is 2. The Hall–Kier alpha value is -2.01. The van der Waals surface area contributed by atoms with E-state index in [0.717, 1.165) is 19.5 Å². The Morgan fingerprint density at radius 3 is 2.80 bits per heavy atom. The summed E-state index contributed by atoms with van der Waals surface area (Å²) in [7, 11) is 1.61. The van der Waals surface area contributed by atoms with Crippen LogP contribution in [0.25, 0.3) is 0 Å². The molecule has 3 rings (SSSR count). The number of carbonyl (C=O) groups is 1. The number of rotatable bonds is 6. The van der Waals surface area contributed by atoms with Gasteiger partial charge in [0.2, 0.25) is 0 Å². The lowest BCUT2D eigenvalue weighted by Crippen LogP contribution is -2.49. The molecule has 25 heavy (non-hydrogen) atoms. The van der Waals surface area contributed by atoms with Gasteiger partial charge in [0.05, 0.1) is 12.7 Å². The van der Waals surface area contributed by atoms with Gasteiger partial charge in [-0.2, -0.15) is 0 Å². The third-order valence-electron chi connectivity index (χ3n) is 5.12. The van der Waals surface area contributed by atoms with Crippen LogP contribution >= 0.6 is 0 Å². The van der Waals surface area contributed by atoms with Gasteiger partial charge in [-0.05, 0) is 50.9 Å². The smallest absolute Gasteiger partial charge is 0.257 e. The highest BCUT2D eigenvalue weighted by Crippen LogP contribution is 2.28. The van der Waals surface area contributed by atoms with Gasteiger partial charge in [0.1, 0.15) is 18.1 Å². The lowest BCUT2D eigenvalue weighted by molar-refractivity contribution is 0.0604. The highest BCUT2D eigenvalue weighted by atomic mass is 16.5. The van der Waals surface area contributed by atoms with Crippen LogP contribution in [0.15, 0.2) is 30.9 Å². The third kappa shape index (κ3) is 4.15. The van der Waals surface area contributed by atoms with Crippen molar-refractivity contribution in [2.45, 2.75) is 31.7 Å². The quantitative estimate of drug-likeness (QED) is 0.744. The Balaban J connectivity index is 1.75. The fourth-order valence-corrected chi connectivity index (χ4v) is 3.79. The maximum absolute atomic E-state index is 13.1. The van der Waals surface area contributed by atoms with Crippen LogP contribution in [0.2, 0.25) is 0 Å². The number of likely N-dealkylation sites (tertiary alicyclic amines) is 2. The molecule has 0 unspecified atom stereocenters. The molecule has 5 heteroatoms. The maximum Gasteiger partial charge on any atom is 0.257 e. The van der Waals surface area contributed by atoms with Crippen LogP contribution in [0.3, 0.4) is 0 Å². The number of piperidine rings is 1. The molecular formula is C20H28N2O3. The van der Waals surface area contributed by atoms with Crippen molar-refractivity contribution in [3.63, 3.8) is 0 Å². The molecule has 2 aliphatic rings. The van der Waals surface area contributed by atoms with Crippen LogP contribution in [-0.4, -0.2) is 61.6 Å². The van der Waals surface area contributed by atoms with Gasteiger partial charge in [-0.15, -0.1) is 0 Å². The predicted molar refractivity (Wildman–Crippen MR) is 98.4 cm³/mol. The lowest BCUT2D eigenvalue weighted by Gasteiger charge is -2.37. The average Bonchev–Trinajstić information content (AvgIpc) is 3.20. The van der Waals surface area contributed by atoms with Crippen LogP contribution in [0.1, 0.15) is 36.0 Å². The summed E-state index contributed by atoms with van der Waals surface area (Å²) < 4.78 is 11.0. The van der Waals surface area contributed by atoms with Crippen molar-refractivity contribution in [1.82, 2.24) is 9.80 Å². The van der Waals surface area contributed by atoms with Crippen molar-refractivity contribution in [1.29, 1.82) is 0 Å². The van der Waals surface area contributed by atoms with Crippen LogP contribution in [0.4, 0.5) is 0 Å². The largest absolute Gasteiger partial charge is 0.497 e. The number of carbonyl (C=O) groups excluding carboxylic acids is 1. The van der Waals surface area contributed by atoms with Crippen molar-refractivity contribution >= 4 is 5.91 Å². The number of hydrogen-bond acceptors (Lipinski definition) is 4. The number of methoxy groups -OCH3 is 1. The molecule has 1 aromatic carbocycles. The van der Waals surface area contributed by atoms with Gasteiger partial charge >= 0.3 is 0 Å². The zero-order valence-electron chi connectivity index (χ0n) is 15.1. The van der Waals surface area contributed by atoms with Crippen molar-refractivity contribution in [3.05, 3.63) is 36.4 Å². The van der Waals surface area contributed by atoms with Crippen molar-refractivity contribution in [2.24, 2.45) is 0 Å². The fourth-order valence-electron chi connectivity index (χ4n) is 3.79. The first kappa shape index (κ1) is 17.8. The molecule has 136 valence electrons. The molecule has 0 radical (unpaired) electrons. The second-order valence-electron chi connectivity index (χ2n) is 6.75. The molecule has 1 aromatic rings. The summed E-state index contributed by atoms with van der Waals surface area (Å²) in [5.41, 5.74) is 0.602. The first-order valence-electron chi connectivity index (χ1n) is 9.18. The van der Waals surface area contributed by atoms with Gasteiger partial charge in [0.25, 0.3) is 5.91 Å². The molecule has 0 bridgehead atoms. The van der Waals surface area contributed by atoms with Gasteiger partial charge in [-0.1, -0.05) is 12.7 Å². The first-order valence-corrected chi connectivity index (χ1v) is 9.18. The van der Waals surface area contributed by atoms with E-state index in [0.29, 0.717) is 29.7 Å². The average molecular weight is 344 g/mol. The summed E-state index contributed by atoms with van der Waals surface area (Å²) in [6, 6.07) is 5.89. The zero-order valence-corrected chi connectivity index (χ0v) is 15.1. The molecule has 2 fully saturated rings. The van der Waals surface area contributed by atoms with E-state index in [1.807, 2.05) is 11.0 Å². The minimum Gasteiger partial charge on any atom is -0.497 e. The normalized spacial score (nSPS) is 21.2. The van der Waals surface area contributed by atoms with E-state index in [1.165, 1.54) is 32.4 Å². The second kappa shape index (κ2) is 8.39. The van der Waals surface area contributed by atoms with E-state index >= 15 is 0 Å². The summed E-state index contributed by atoms with van der Waals surface area (Å²) in [4.78, 5) is 17.6. The molecule has 2 aliphatic heterocycles. The summed E-state index contributed by atoms with van der Waals surface area (Å²) in [6.07, 6.45) is 6.49. The van der Waals surface area contributed by atoms with Crippen LogP contribution in [0, 0.1) is 0 Å². The minimum atomic E-state index is 0.0469. The minimum absolute atomic E-state index is 0.0469. The highest BCUT2D eigenvalue weighted by molar-refractivity contribution is 5.97. The Kier molecular flexibility index (Phi) is 5.97. The summed E-state index contributed by atoms with van der Waals surface area (Å²) in [5, 5.41) is 0. The Labute approximate surface area is 150 Å². The molecule has 2 heterocycles. The maximum atomic E-state index is 13.1. The van der Waals surface area contributed by atoms with E-state index in [9.17, 15) is 4.79 Å². The molecule has 0 saturated carbocycles. The predicted octanol–water partition coefficient (Wildman–Crippen LogP) is 2.96. The SMILES string of the molecule is C=CCOc1cc(OC)ccc1C(=O)N1CCC[C@@H](N2CCCC2)C1. The zero-order chi connectivity index (χ0) is 17.6. The monoisotopic (exact) mass is 344 g/mol. The molecule has 0 aliphatic carbocycles. The van der Waals surface area contributed by atoms with Crippen LogP contribution in [-0.2, 0) is 0 Å². The standard InChI is InChI=1S/C20H28N2O3/c1-3-13-25-19-14-17(24-2)8-9-18(19)20(23)22-12-6-7-16(15-22)21-10-4-5-11-21/h3,8-9,14,16H,1,4-7,10-13,15H2,2H3/t16-/m1/s1. The summed E-state index contributed by atoms with van der Waals surface area (Å²) >= 11 is 0. The van der Waals surface area contributed by atoms with E-state index in [2.05, 4.69) is 11.5 Å². The molecule has 0 aromatic heterocycles. The van der Waals surface area contributed by atoms with E-state index in [-0.39, 0.29) is 5.91 Å².